The Bertz CT molecular complexity index is 165. The Labute approximate surface area is 93.7 Å². The largest absolute Gasteiger partial charge is 0.380 e. The van der Waals surface area contributed by atoms with Crippen LogP contribution in [-0.4, -0.2) is 19.3 Å². The predicted molar refractivity (Wildman–Crippen MR) is 63.3 cm³/mol. The van der Waals surface area contributed by atoms with Crippen LogP contribution in [0.2, 0.25) is 0 Å². The summed E-state index contributed by atoms with van der Waals surface area (Å²) in [7, 11) is 0. The van der Waals surface area contributed by atoms with E-state index in [4.69, 9.17) is 10.6 Å². The van der Waals surface area contributed by atoms with Crippen molar-refractivity contribution in [2.45, 2.75) is 46.1 Å². The number of hydrazine groups is 1. The summed E-state index contributed by atoms with van der Waals surface area (Å²) in [5.41, 5.74) is 2.92. The van der Waals surface area contributed by atoms with Gasteiger partial charge in [0.1, 0.15) is 0 Å². The zero-order chi connectivity index (χ0) is 11.3. The molecule has 0 aromatic heterocycles. The van der Waals surface area contributed by atoms with Crippen LogP contribution in [0.1, 0.15) is 40.0 Å². The van der Waals surface area contributed by atoms with Crippen LogP contribution in [0.4, 0.5) is 0 Å². The zero-order valence-corrected chi connectivity index (χ0v) is 10.3. The first-order valence-electron chi connectivity index (χ1n) is 6.21. The second kappa shape index (κ2) is 6.46. The fraction of sp³-hybridized carbons (Fsp3) is 1.00. The van der Waals surface area contributed by atoms with Gasteiger partial charge in [0.25, 0.3) is 0 Å². The van der Waals surface area contributed by atoms with Gasteiger partial charge in [-0.25, -0.2) is 0 Å². The summed E-state index contributed by atoms with van der Waals surface area (Å²) in [5, 5.41) is 0. The third-order valence-electron chi connectivity index (χ3n) is 3.50. The fourth-order valence-electron chi connectivity index (χ4n) is 2.90. The van der Waals surface area contributed by atoms with Gasteiger partial charge in [0, 0.05) is 12.6 Å². The molecular weight excluding hydrogens is 188 g/mol. The summed E-state index contributed by atoms with van der Waals surface area (Å²) in [4.78, 5) is 0. The number of rotatable bonds is 5. The van der Waals surface area contributed by atoms with E-state index in [1.807, 2.05) is 6.92 Å². The van der Waals surface area contributed by atoms with Crippen molar-refractivity contribution in [3.8, 4) is 0 Å². The smallest absolute Gasteiger partial charge is 0.0635 e. The molecule has 0 aliphatic heterocycles. The highest BCUT2D eigenvalue weighted by Crippen LogP contribution is 2.34. The lowest BCUT2D eigenvalue weighted by Gasteiger charge is -2.36. The van der Waals surface area contributed by atoms with Crippen LogP contribution in [0.3, 0.4) is 0 Å². The van der Waals surface area contributed by atoms with E-state index in [0.717, 1.165) is 25.0 Å². The highest BCUT2D eigenvalue weighted by Gasteiger charge is 2.29. The summed E-state index contributed by atoms with van der Waals surface area (Å²) >= 11 is 0. The molecule has 0 bridgehead atoms. The highest BCUT2D eigenvalue weighted by atomic mass is 16.5. The Kier molecular flexibility index (Phi) is 5.58. The molecule has 3 nitrogen and oxygen atoms in total. The summed E-state index contributed by atoms with van der Waals surface area (Å²) in [6.07, 6.45) is 3.93. The zero-order valence-electron chi connectivity index (χ0n) is 10.3. The van der Waals surface area contributed by atoms with E-state index in [2.05, 4.69) is 19.3 Å². The molecule has 0 heterocycles. The van der Waals surface area contributed by atoms with Crippen LogP contribution in [0, 0.1) is 17.8 Å². The maximum atomic E-state index is 5.61. The van der Waals surface area contributed by atoms with E-state index in [9.17, 15) is 0 Å². The summed E-state index contributed by atoms with van der Waals surface area (Å²) in [6, 6.07) is 0.329. The van der Waals surface area contributed by atoms with Crippen molar-refractivity contribution < 1.29 is 4.74 Å². The molecule has 0 radical (unpaired) electrons. The lowest BCUT2D eigenvalue weighted by molar-refractivity contribution is 0.0774. The maximum Gasteiger partial charge on any atom is 0.0635 e. The topological polar surface area (TPSA) is 47.3 Å². The normalized spacial score (nSPS) is 34.0. The Balaban J connectivity index is 2.43. The monoisotopic (exact) mass is 214 g/mol. The number of hydrogen-bond acceptors (Lipinski definition) is 3. The predicted octanol–water partition coefficient (Wildman–Crippen LogP) is 1.93. The lowest BCUT2D eigenvalue weighted by atomic mass is 9.74. The Morgan fingerprint density at radius 3 is 2.33 bits per heavy atom. The third kappa shape index (κ3) is 4.09. The average molecular weight is 214 g/mol. The van der Waals surface area contributed by atoms with Gasteiger partial charge in [0.15, 0.2) is 0 Å². The van der Waals surface area contributed by atoms with Crippen LogP contribution in [0.5, 0.6) is 0 Å². The van der Waals surface area contributed by atoms with Gasteiger partial charge >= 0.3 is 0 Å². The summed E-state index contributed by atoms with van der Waals surface area (Å²) in [6.45, 7) is 8.24. The minimum atomic E-state index is 0.329. The second-order valence-corrected chi connectivity index (χ2v) is 5.11. The van der Waals surface area contributed by atoms with Gasteiger partial charge in [-0.2, -0.15) is 0 Å². The number of hydrogen-bond donors (Lipinski definition) is 2. The van der Waals surface area contributed by atoms with Gasteiger partial charge in [-0.1, -0.05) is 13.8 Å². The van der Waals surface area contributed by atoms with Gasteiger partial charge < -0.3 is 4.74 Å². The molecule has 0 aromatic rings. The molecule has 15 heavy (non-hydrogen) atoms. The van der Waals surface area contributed by atoms with Crippen molar-refractivity contribution in [2.75, 3.05) is 13.2 Å². The Hall–Kier alpha value is -0.120. The van der Waals surface area contributed by atoms with Crippen LogP contribution < -0.4 is 11.3 Å². The number of ether oxygens (including phenoxy) is 1. The molecular formula is C12H26N2O. The van der Waals surface area contributed by atoms with Crippen LogP contribution in [-0.2, 0) is 4.74 Å². The lowest BCUT2D eigenvalue weighted by Crippen LogP contribution is -2.46. The molecule has 3 unspecified atom stereocenters. The SMILES string of the molecule is CCOCC(NN)C1CC(C)CC(C)C1. The van der Waals surface area contributed by atoms with E-state index < -0.39 is 0 Å². The number of nitrogens with one attached hydrogen (secondary N) is 1. The van der Waals surface area contributed by atoms with E-state index in [-0.39, 0.29) is 0 Å². The molecule has 1 rings (SSSR count). The van der Waals surface area contributed by atoms with Crippen LogP contribution >= 0.6 is 0 Å². The van der Waals surface area contributed by atoms with Crippen molar-refractivity contribution in [1.29, 1.82) is 0 Å². The van der Waals surface area contributed by atoms with Gasteiger partial charge in [0.05, 0.1) is 6.61 Å². The molecule has 90 valence electrons. The summed E-state index contributed by atoms with van der Waals surface area (Å²) in [5.74, 6) is 7.95. The van der Waals surface area contributed by atoms with E-state index >= 15 is 0 Å². The highest BCUT2D eigenvalue weighted by molar-refractivity contribution is 4.82. The van der Waals surface area contributed by atoms with Crippen LogP contribution in [0.15, 0.2) is 0 Å². The molecule has 1 saturated carbocycles. The van der Waals surface area contributed by atoms with Gasteiger partial charge in [-0.3, -0.25) is 11.3 Å². The molecule has 0 aromatic carbocycles. The molecule has 1 fully saturated rings. The standard InChI is InChI=1S/C12H26N2O/c1-4-15-8-12(14-13)11-6-9(2)5-10(3)7-11/h9-12,14H,4-8,13H2,1-3H3. The number of nitrogens with two attached hydrogens (primary N) is 1. The van der Waals surface area contributed by atoms with Crippen molar-refractivity contribution in [2.24, 2.45) is 23.6 Å². The average Bonchev–Trinajstić information content (AvgIpc) is 2.17. The second-order valence-electron chi connectivity index (χ2n) is 5.11. The van der Waals surface area contributed by atoms with Crippen molar-refractivity contribution in [3.63, 3.8) is 0 Å². The van der Waals surface area contributed by atoms with E-state index in [0.29, 0.717) is 12.0 Å². The van der Waals surface area contributed by atoms with Crippen LogP contribution in [0.25, 0.3) is 0 Å². The summed E-state index contributed by atoms with van der Waals surface area (Å²) < 4.78 is 5.47. The van der Waals surface area contributed by atoms with Gasteiger partial charge in [-0.05, 0) is 43.9 Å². The minimum absolute atomic E-state index is 0.329. The first kappa shape index (κ1) is 12.9. The van der Waals surface area contributed by atoms with Crippen molar-refractivity contribution in [3.05, 3.63) is 0 Å². The quantitative estimate of drug-likeness (QED) is 0.543. The minimum Gasteiger partial charge on any atom is -0.380 e. The van der Waals surface area contributed by atoms with Crippen molar-refractivity contribution >= 4 is 0 Å². The Morgan fingerprint density at radius 2 is 1.87 bits per heavy atom. The van der Waals surface area contributed by atoms with Crippen molar-refractivity contribution in [1.82, 2.24) is 5.43 Å². The van der Waals surface area contributed by atoms with E-state index in [1.165, 1.54) is 19.3 Å². The Morgan fingerprint density at radius 1 is 1.27 bits per heavy atom. The third-order valence-corrected chi connectivity index (χ3v) is 3.50. The van der Waals surface area contributed by atoms with Gasteiger partial charge in [-0.15, -0.1) is 0 Å². The fourth-order valence-corrected chi connectivity index (χ4v) is 2.90. The molecule has 3 N–H and O–H groups in total. The molecule has 0 saturated heterocycles. The first-order chi connectivity index (χ1) is 7.17. The molecule has 1 aliphatic rings. The van der Waals surface area contributed by atoms with Gasteiger partial charge in [0.2, 0.25) is 0 Å². The molecule has 0 spiro atoms. The molecule has 1 aliphatic carbocycles. The molecule has 0 amide bonds. The maximum absolute atomic E-state index is 5.61. The van der Waals surface area contributed by atoms with E-state index in [1.54, 1.807) is 0 Å². The molecule has 3 atom stereocenters. The first-order valence-corrected chi connectivity index (χ1v) is 6.21. The molecule has 3 heteroatoms.